The van der Waals surface area contributed by atoms with E-state index in [1.807, 2.05) is 30.3 Å². The van der Waals surface area contributed by atoms with Crippen LogP contribution in [0, 0.1) is 0 Å². The van der Waals surface area contributed by atoms with Crippen LogP contribution in [0.25, 0.3) is 0 Å². The third kappa shape index (κ3) is 6.30. The number of anilines is 1. The Morgan fingerprint density at radius 3 is 2.52 bits per heavy atom. The normalized spacial score (nSPS) is 14.6. The van der Waals surface area contributed by atoms with E-state index >= 15 is 0 Å². The zero-order valence-corrected chi connectivity index (χ0v) is 16.8. The molecule has 0 fully saturated rings. The summed E-state index contributed by atoms with van der Waals surface area (Å²) < 4.78 is 10.6. The van der Waals surface area contributed by atoms with Crippen molar-refractivity contribution in [1.82, 2.24) is 4.90 Å². The van der Waals surface area contributed by atoms with Crippen LogP contribution in [-0.2, 0) is 30.5 Å². The number of hydrogen-bond acceptors (Lipinski definition) is 6. The van der Waals surface area contributed by atoms with Crippen molar-refractivity contribution in [3.63, 3.8) is 0 Å². The Labute approximate surface area is 179 Å². The van der Waals surface area contributed by atoms with Crippen LogP contribution < -0.4 is 15.8 Å². The molecular weight excluding hydrogens is 402 g/mol. The second-order valence-electron chi connectivity index (χ2n) is 6.97. The zero-order chi connectivity index (χ0) is 22.2. The number of nitrogens with one attached hydrogen (secondary N) is 1. The SMILES string of the molecule is NC(=O)CCN(Cc1ccccc1)C(=O)COC(=O)CC1Oc2ccccc2NC1=O. The summed E-state index contributed by atoms with van der Waals surface area (Å²) in [6.45, 7) is -0.170. The van der Waals surface area contributed by atoms with Gasteiger partial charge in [-0.25, -0.2) is 0 Å². The molecule has 3 rings (SSSR count). The lowest BCUT2D eigenvalue weighted by Crippen LogP contribution is -2.40. The molecule has 0 radical (unpaired) electrons. The maximum Gasteiger partial charge on any atom is 0.310 e. The molecule has 1 heterocycles. The summed E-state index contributed by atoms with van der Waals surface area (Å²) in [5.41, 5.74) is 6.58. The third-order valence-corrected chi connectivity index (χ3v) is 4.61. The number of rotatable bonds is 9. The van der Waals surface area contributed by atoms with Crippen molar-refractivity contribution in [1.29, 1.82) is 0 Å². The van der Waals surface area contributed by atoms with Gasteiger partial charge in [-0.05, 0) is 17.7 Å². The molecule has 1 unspecified atom stereocenters. The van der Waals surface area contributed by atoms with E-state index in [2.05, 4.69) is 5.32 Å². The van der Waals surface area contributed by atoms with Gasteiger partial charge < -0.3 is 25.4 Å². The number of primary amides is 1. The van der Waals surface area contributed by atoms with E-state index < -0.39 is 36.4 Å². The Morgan fingerprint density at radius 1 is 1.06 bits per heavy atom. The van der Waals surface area contributed by atoms with Gasteiger partial charge in [0.05, 0.1) is 12.1 Å². The van der Waals surface area contributed by atoms with Crippen LogP contribution in [0.5, 0.6) is 5.75 Å². The van der Waals surface area contributed by atoms with Crippen LogP contribution >= 0.6 is 0 Å². The number of para-hydroxylation sites is 2. The minimum absolute atomic E-state index is 0.0119. The highest BCUT2D eigenvalue weighted by atomic mass is 16.5. The lowest BCUT2D eigenvalue weighted by Gasteiger charge is -2.25. The van der Waals surface area contributed by atoms with Gasteiger partial charge in [0.25, 0.3) is 11.8 Å². The fraction of sp³-hybridized carbons (Fsp3) is 0.273. The first-order chi connectivity index (χ1) is 14.9. The standard InChI is InChI=1S/C22H23N3O6/c23-19(26)10-11-25(13-15-6-2-1-3-7-15)20(27)14-30-21(28)12-18-22(29)24-16-8-4-5-9-17(16)31-18/h1-9,18H,10-14H2,(H2,23,26)(H,24,29). The first-order valence-electron chi connectivity index (χ1n) is 9.74. The molecule has 1 aliphatic rings. The quantitative estimate of drug-likeness (QED) is 0.582. The summed E-state index contributed by atoms with van der Waals surface area (Å²) in [7, 11) is 0. The fourth-order valence-corrected chi connectivity index (χ4v) is 3.01. The fourth-order valence-electron chi connectivity index (χ4n) is 3.01. The highest BCUT2D eigenvalue weighted by molar-refractivity contribution is 5.99. The van der Waals surface area contributed by atoms with E-state index in [1.165, 1.54) is 4.90 Å². The van der Waals surface area contributed by atoms with E-state index in [4.69, 9.17) is 15.2 Å². The summed E-state index contributed by atoms with van der Waals surface area (Å²) in [6, 6.07) is 16.1. The molecule has 1 atom stereocenters. The minimum Gasteiger partial charge on any atom is -0.478 e. The largest absolute Gasteiger partial charge is 0.478 e. The molecule has 31 heavy (non-hydrogen) atoms. The number of fused-ring (bicyclic) bond motifs is 1. The number of carbonyl (C=O) groups excluding carboxylic acids is 4. The van der Waals surface area contributed by atoms with Gasteiger partial charge >= 0.3 is 5.97 Å². The smallest absolute Gasteiger partial charge is 0.310 e. The monoisotopic (exact) mass is 425 g/mol. The predicted octanol–water partition coefficient (Wildman–Crippen LogP) is 1.22. The average molecular weight is 425 g/mol. The van der Waals surface area contributed by atoms with E-state index in [0.29, 0.717) is 11.4 Å². The van der Waals surface area contributed by atoms with Gasteiger partial charge in [0.1, 0.15) is 5.75 Å². The summed E-state index contributed by atoms with van der Waals surface area (Å²) in [5, 5.41) is 2.66. The van der Waals surface area contributed by atoms with Crippen LogP contribution in [0.4, 0.5) is 5.69 Å². The summed E-state index contributed by atoms with van der Waals surface area (Å²) in [5.74, 6) is -1.77. The van der Waals surface area contributed by atoms with Gasteiger partial charge in [-0.15, -0.1) is 0 Å². The van der Waals surface area contributed by atoms with Gasteiger partial charge in [-0.3, -0.25) is 19.2 Å². The van der Waals surface area contributed by atoms with Gasteiger partial charge in [0.2, 0.25) is 5.91 Å². The number of benzene rings is 2. The topological polar surface area (TPSA) is 128 Å². The molecular formula is C22H23N3O6. The van der Waals surface area contributed by atoms with Crippen LogP contribution in [-0.4, -0.2) is 47.8 Å². The molecule has 1 aliphatic heterocycles. The predicted molar refractivity (Wildman–Crippen MR) is 111 cm³/mol. The van der Waals surface area contributed by atoms with Crippen molar-refractivity contribution in [2.24, 2.45) is 5.73 Å². The number of amides is 3. The highest BCUT2D eigenvalue weighted by Crippen LogP contribution is 2.29. The van der Waals surface area contributed by atoms with E-state index in [1.54, 1.807) is 24.3 Å². The Bertz CT molecular complexity index is 963. The maximum absolute atomic E-state index is 12.6. The molecule has 0 aromatic heterocycles. The molecule has 2 aromatic rings. The lowest BCUT2D eigenvalue weighted by molar-refractivity contribution is -0.154. The molecule has 9 nitrogen and oxygen atoms in total. The van der Waals surface area contributed by atoms with Crippen LogP contribution in [0.3, 0.4) is 0 Å². The molecule has 2 aromatic carbocycles. The molecule has 162 valence electrons. The van der Waals surface area contributed by atoms with Crippen molar-refractivity contribution in [2.45, 2.75) is 25.5 Å². The molecule has 0 spiro atoms. The third-order valence-electron chi connectivity index (χ3n) is 4.61. The number of carbonyl (C=O) groups is 4. The number of esters is 1. The Kier molecular flexibility index (Phi) is 7.21. The van der Waals surface area contributed by atoms with Gasteiger partial charge in [0.15, 0.2) is 12.7 Å². The van der Waals surface area contributed by atoms with E-state index in [9.17, 15) is 19.2 Å². The Morgan fingerprint density at radius 2 is 1.77 bits per heavy atom. The first kappa shape index (κ1) is 21.8. The van der Waals surface area contributed by atoms with Crippen molar-refractivity contribution in [3.8, 4) is 5.75 Å². The summed E-state index contributed by atoms with van der Waals surface area (Å²) in [6.07, 6.45) is -1.40. The summed E-state index contributed by atoms with van der Waals surface area (Å²) >= 11 is 0. The van der Waals surface area contributed by atoms with Crippen LogP contribution in [0.1, 0.15) is 18.4 Å². The Balaban J connectivity index is 1.54. The van der Waals surface area contributed by atoms with Crippen molar-refractivity contribution < 1.29 is 28.7 Å². The number of nitrogens with two attached hydrogens (primary N) is 1. The molecule has 9 heteroatoms. The molecule has 0 saturated carbocycles. The number of hydrogen-bond donors (Lipinski definition) is 2. The van der Waals surface area contributed by atoms with Crippen molar-refractivity contribution in [2.75, 3.05) is 18.5 Å². The second kappa shape index (κ2) is 10.2. The van der Waals surface area contributed by atoms with Crippen molar-refractivity contribution in [3.05, 3.63) is 60.2 Å². The zero-order valence-electron chi connectivity index (χ0n) is 16.8. The number of ether oxygens (including phenoxy) is 2. The average Bonchev–Trinajstić information content (AvgIpc) is 2.76. The second-order valence-corrected chi connectivity index (χ2v) is 6.97. The lowest BCUT2D eigenvalue weighted by atomic mass is 10.1. The van der Waals surface area contributed by atoms with Gasteiger partial charge in [0, 0.05) is 19.5 Å². The molecule has 0 saturated heterocycles. The van der Waals surface area contributed by atoms with Crippen LogP contribution in [0.2, 0.25) is 0 Å². The maximum atomic E-state index is 12.6. The first-order valence-corrected chi connectivity index (χ1v) is 9.74. The van der Waals surface area contributed by atoms with Gasteiger partial charge in [-0.1, -0.05) is 42.5 Å². The molecule has 0 bridgehead atoms. The van der Waals surface area contributed by atoms with Crippen molar-refractivity contribution >= 4 is 29.4 Å². The van der Waals surface area contributed by atoms with Crippen LogP contribution in [0.15, 0.2) is 54.6 Å². The summed E-state index contributed by atoms with van der Waals surface area (Å²) in [4.78, 5) is 49.4. The van der Waals surface area contributed by atoms with E-state index in [0.717, 1.165) is 5.56 Å². The minimum atomic E-state index is -1.05. The molecule has 3 amide bonds. The van der Waals surface area contributed by atoms with E-state index in [-0.39, 0.29) is 25.9 Å². The highest BCUT2D eigenvalue weighted by Gasteiger charge is 2.30. The molecule has 3 N–H and O–H groups in total. The number of nitrogens with zero attached hydrogens (tertiary/aromatic N) is 1. The Hall–Kier alpha value is -3.88. The molecule has 0 aliphatic carbocycles. The van der Waals surface area contributed by atoms with Gasteiger partial charge in [-0.2, -0.15) is 0 Å².